The van der Waals surface area contributed by atoms with Crippen LogP contribution in [0.25, 0.3) is 0 Å². The molecular formula is C11H14O3. The van der Waals surface area contributed by atoms with Crippen molar-refractivity contribution in [3.05, 3.63) is 11.6 Å². The molecule has 2 atom stereocenters. The molecule has 14 heavy (non-hydrogen) atoms. The third kappa shape index (κ3) is 1.59. The van der Waals surface area contributed by atoms with E-state index in [1.54, 1.807) is 6.08 Å². The molecule has 0 aliphatic heterocycles. The van der Waals surface area contributed by atoms with Gasteiger partial charge in [0.25, 0.3) is 0 Å². The Bertz CT molecular complexity index is 304. The molecule has 2 aliphatic rings. The van der Waals surface area contributed by atoms with Crippen LogP contribution in [-0.2, 0) is 14.3 Å². The second kappa shape index (κ2) is 3.56. The molecule has 0 aromatic rings. The molecule has 0 heterocycles. The fourth-order valence-corrected chi connectivity index (χ4v) is 2.45. The van der Waals surface area contributed by atoms with Gasteiger partial charge in [-0.1, -0.05) is 5.57 Å². The summed E-state index contributed by atoms with van der Waals surface area (Å²) in [7, 11) is 1.42. The van der Waals surface area contributed by atoms with Crippen LogP contribution in [0, 0.1) is 11.8 Å². The van der Waals surface area contributed by atoms with E-state index in [9.17, 15) is 9.59 Å². The van der Waals surface area contributed by atoms with Gasteiger partial charge in [0.05, 0.1) is 13.0 Å². The lowest BCUT2D eigenvalue weighted by Crippen LogP contribution is -2.13. The van der Waals surface area contributed by atoms with Crippen molar-refractivity contribution in [2.45, 2.75) is 25.7 Å². The highest BCUT2D eigenvalue weighted by Gasteiger charge is 2.36. The van der Waals surface area contributed by atoms with Crippen LogP contribution in [0.5, 0.6) is 0 Å². The molecule has 0 saturated heterocycles. The van der Waals surface area contributed by atoms with Crippen molar-refractivity contribution in [2.75, 3.05) is 7.11 Å². The highest BCUT2D eigenvalue weighted by Crippen LogP contribution is 2.41. The van der Waals surface area contributed by atoms with Crippen LogP contribution in [0.2, 0.25) is 0 Å². The van der Waals surface area contributed by atoms with Crippen molar-refractivity contribution in [2.24, 2.45) is 11.8 Å². The summed E-state index contributed by atoms with van der Waals surface area (Å²) in [6.45, 7) is 0. The van der Waals surface area contributed by atoms with Gasteiger partial charge in [0, 0.05) is 6.42 Å². The Hall–Kier alpha value is -1.12. The molecule has 3 nitrogen and oxygen atoms in total. The molecule has 1 saturated carbocycles. The summed E-state index contributed by atoms with van der Waals surface area (Å²) in [6, 6.07) is 0. The third-order valence-corrected chi connectivity index (χ3v) is 3.20. The Kier molecular flexibility index (Phi) is 2.40. The Labute approximate surface area is 83.1 Å². The van der Waals surface area contributed by atoms with E-state index in [0.717, 1.165) is 24.8 Å². The van der Waals surface area contributed by atoms with Crippen molar-refractivity contribution >= 4 is 11.8 Å². The SMILES string of the molecule is COC(=O)[C@@H]1CC2=CC(=O)CC[C@H]2C1. The second-order valence-electron chi connectivity index (χ2n) is 4.08. The summed E-state index contributed by atoms with van der Waals surface area (Å²) in [5.74, 6) is 0.522. The Balaban J connectivity index is 2.10. The molecule has 1 fully saturated rings. The number of esters is 1. The highest BCUT2D eigenvalue weighted by atomic mass is 16.5. The van der Waals surface area contributed by atoms with E-state index in [1.165, 1.54) is 7.11 Å². The van der Waals surface area contributed by atoms with Crippen LogP contribution in [-0.4, -0.2) is 18.9 Å². The van der Waals surface area contributed by atoms with Gasteiger partial charge in [0.15, 0.2) is 5.78 Å². The van der Waals surface area contributed by atoms with Gasteiger partial charge < -0.3 is 4.74 Å². The molecule has 0 radical (unpaired) electrons. The molecule has 0 unspecified atom stereocenters. The Morgan fingerprint density at radius 3 is 3.07 bits per heavy atom. The molecule has 0 amide bonds. The maximum absolute atomic E-state index is 11.3. The molecule has 0 bridgehead atoms. The Morgan fingerprint density at radius 2 is 2.36 bits per heavy atom. The highest BCUT2D eigenvalue weighted by molar-refractivity contribution is 5.91. The summed E-state index contributed by atoms with van der Waals surface area (Å²) >= 11 is 0. The van der Waals surface area contributed by atoms with E-state index in [-0.39, 0.29) is 17.7 Å². The molecule has 2 rings (SSSR count). The number of rotatable bonds is 1. The van der Waals surface area contributed by atoms with Crippen LogP contribution in [0.4, 0.5) is 0 Å². The van der Waals surface area contributed by atoms with Crippen molar-refractivity contribution in [1.29, 1.82) is 0 Å². The standard InChI is InChI=1S/C11H14O3/c1-14-11(13)9-4-7-2-3-10(12)6-8(7)5-9/h6-7,9H,2-5H2,1H3/t7-,9-/m0/s1. The number of carbonyl (C=O) groups excluding carboxylic acids is 2. The average Bonchev–Trinajstić information content (AvgIpc) is 2.59. The van der Waals surface area contributed by atoms with Gasteiger partial charge in [-0.3, -0.25) is 9.59 Å². The van der Waals surface area contributed by atoms with E-state index in [4.69, 9.17) is 4.74 Å². The maximum Gasteiger partial charge on any atom is 0.308 e. The molecule has 0 spiro atoms. The number of ketones is 1. The largest absolute Gasteiger partial charge is 0.469 e. The van der Waals surface area contributed by atoms with Crippen molar-refractivity contribution < 1.29 is 14.3 Å². The minimum atomic E-state index is -0.132. The molecular weight excluding hydrogens is 180 g/mol. The second-order valence-corrected chi connectivity index (χ2v) is 4.08. The monoisotopic (exact) mass is 194 g/mol. The fraction of sp³-hybridized carbons (Fsp3) is 0.636. The molecule has 3 heteroatoms. The minimum absolute atomic E-state index is 0.0119. The number of allylic oxidation sites excluding steroid dienone is 2. The number of methoxy groups -OCH3 is 1. The summed E-state index contributed by atoms with van der Waals surface area (Å²) in [5, 5.41) is 0. The smallest absolute Gasteiger partial charge is 0.308 e. The van der Waals surface area contributed by atoms with Crippen LogP contribution in [0.3, 0.4) is 0 Å². The minimum Gasteiger partial charge on any atom is -0.469 e. The lowest BCUT2D eigenvalue weighted by molar-refractivity contribution is -0.145. The predicted molar refractivity (Wildman–Crippen MR) is 50.6 cm³/mol. The summed E-state index contributed by atoms with van der Waals surface area (Å²) in [6.07, 6.45) is 4.88. The van der Waals surface area contributed by atoms with Crippen LogP contribution in [0.1, 0.15) is 25.7 Å². The molecule has 0 N–H and O–H groups in total. The summed E-state index contributed by atoms with van der Waals surface area (Å²) in [4.78, 5) is 22.5. The first-order valence-electron chi connectivity index (χ1n) is 5.02. The normalized spacial score (nSPS) is 30.9. The van der Waals surface area contributed by atoms with E-state index >= 15 is 0 Å². The van der Waals surface area contributed by atoms with Gasteiger partial charge in [0.1, 0.15) is 0 Å². The summed E-state index contributed by atoms with van der Waals surface area (Å²) in [5.41, 5.74) is 1.16. The summed E-state index contributed by atoms with van der Waals surface area (Å²) < 4.78 is 4.72. The molecule has 2 aliphatic carbocycles. The lowest BCUT2D eigenvalue weighted by Gasteiger charge is -2.15. The number of fused-ring (bicyclic) bond motifs is 1. The molecule has 76 valence electrons. The quantitative estimate of drug-likeness (QED) is 0.594. The third-order valence-electron chi connectivity index (χ3n) is 3.20. The van der Waals surface area contributed by atoms with Crippen molar-refractivity contribution in [3.8, 4) is 0 Å². The van der Waals surface area contributed by atoms with Gasteiger partial charge >= 0.3 is 5.97 Å². The zero-order valence-electron chi connectivity index (χ0n) is 8.29. The number of carbonyl (C=O) groups is 2. The maximum atomic E-state index is 11.3. The van der Waals surface area contributed by atoms with Crippen LogP contribution < -0.4 is 0 Å². The van der Waals surface area contributed by atoms with Crippen molar-refractivity contribution in [1.82, 2.24) is 0 Å². The average molecular weight is 194 g/mol. The topological polar surface area (TPSA) is 43.4 Å². The van der Waals surface area contributed by atoms with Crippen molar-refractivity contribution in [3.63, 3.8) is 0 Å². The first-order chi connectivity index (χ1) is 6.70. The van der Waals surface area contributed by atoms with Gasteiger partial charge in [-0.15, -0.1) is 0 Å². The lowest BCUT2D eigenvalue weighted by atomic mass is 9.90. The van der Waals surface area contributed by atoms with Gasteiger partial charge in [0.2, 0.25) is 0 Å². The van der Waals surface area contributed by atoms with Gasteiger partial charge in [-0.2, -0.15) is 0 Å². The van der Waals surface area contributed by atoms with E-state index < -0.39 is 0 Å². The molecule has 0 aromatic heterocycles. The Morgan fingerprint density at radius 1 is 1.57 bits per heavy atom. The zero-order chi connectivity index (χ0) is 10.1. The molecule has 0 aromatic carbocycles. The first-order valence-corrected chi connectivity index (χ1v) is 5.02. The van der Waals surface area contributed by atoms with Crippen LogP contribution in [0.15, 0.2) is 11.6 Å². The first kappa shape index (κ1) is 9.44. The van der Waals surface area contributed by atoms with E-state index in [2.05, 4.69) is 0 Å². The van der Waals surface area contributed by atoms with E-state index in [0.29, 0.717) is 12.3 Å². The number of ether oxygens (including phenoxy) is 1. The van der Waals surface area contributed by atoms with Crippen LogP contribution >= 0.6 is 0 Å². The number of hydrogen-bond donors (Lipinski definition) is 0. The number of hydrogen-bond acceptors (Lipinski definition) is 3. The van der Waals surface area contributed by atoms with Gasteiger partial charge in [-0.25, -0.2) is 0 Å². The fourth-order valence-electron chi connectivity index (χ4n) is 2.45. The van der Waals surface area contributed by atoms with E-state index in [1.807, 2.05) is 0 Å². The predicted octanol–water partition coefficient (Wildman–Crippen LogP) is 1.47. The van der Waals surface area contributed by atoms with Gasteiger partial charge in [-0.05, 0) is 31.3 Å². The zero-order valence-corrected chi connectivity index (χ0v) is 8.29.